The van der Waals surface area contributed by atoms with Crippen LogP contribution in [0.1, 0.15) is 5.56 Å². The number of benzene rings is 1. The number of H-pyrrole nitrogens is 2. The van der Waals surface area contributed by atoms with Crippen molar-refractivity contribution in [3.05, 3.63) is 34.1 Å². The minimum atomic E-state index is -0.342. The highest BCUT2D eigenvalue weighted by atomic mass is 16.5. The predicted molar refractivity (Wildman–Crippen MR) is 75.6 cm³/mol. The Balaban J connectivity index is 2.20. The van der Waals surface area contributed by atoms with Gasteiger partial charge in [-0.15, -0.1) is 0 Å². The van der Waals surface area contributed by atoms with Crippen LogP contribution in [0.5, 0.6) is 5.75 Å². The van der Waals surface area contributed by atoms with Crippen LogP contribution in [-0.4, -0.2) is 27.0 Å². The number of fused-ring (bicyclic) bond motifs is 1. The average Bonchev–Trinajstić information content (AvgIpc) is 2.83. The van der Waals surface area contributed by atoms with E-state index in [9.17, 15) is 4.79 Å². The number of hydrogen-bond acceptors (Lipinski definition) is 5. The molecule has 0 saturated heterocycles. The van der Waals surface area contributed by atoms with Crippen LogP contribution in [0.15, 0.2) is 23.0 Å². The molecule has 0 aliphatic carbocycles. The summed E-state index contributed by atoms with van der Waals surface area (Å²) in [4.78, 5) is 25.4. The Bertz CT molecular complexity index is 850. The fraction of sp³-hybridized carbons (Fsp3) is 0.154. The van der Waals surface area contributed by atoms with Crippen LogP contribution in [0.25, 0.3) is 22.6 Å². The van der Waals surface area contributed by atoms with E-state index in [4.69, 9.17) is 10.5 Å². The molecule has 4 N–H and O–H groups in total. The second-order valence-electron chi connectivity index (χ2n) is 4.42. The van der Waals surface area contributed by atoms with Gasteiger partial charge < -0.3 is 15.5 Å². The summed E-state index contributed by atoms with van der Waals surface area (Å²) < 4.78 is 5.28. The first-order valence-corrected chi connectivity index (χ1v) is 5.99. The minimum absolute atomic E-state index is 0.0436. The lowest BCUT2D eigenvalue weighted by Crippen LogP contribution is -2.10. The highest BCUT2D eigenvalue weighted by Gasteiger charge is 2.11. The van der Waals surface area contributed by atoms with Gasteiger partial charge in [0.1, 0.15) is 11.6 Å². The molecule has 2 heterocycles. The van der Waals surface area contributed by atoms with Gasteiger partial charge in [0.05, 0.1) is 7.11 Å². The Labute approximate surface area is 113 Å². The summed E-state index contributed by atoms with van der Waals surface area (Å²) in [5, 5.41) is 0. The van der Waals surface area contributed by atoms with Crippen molar-refractivity contribution in [1.29, 1.82) is 0 Å². The smallest absolute Gasteiger partial charge is 0.278 e. The molecule has 0 saturated carbocycles. The van der Waals surface area contributed by atoms with Crippen molar-refractivity contribution < 1.29 is 4.74 Å². The molecule has 3 rings (SSSR count). The van der Waals surface area contributed by atoms with Gasteiger partial charge in [0.2, 0.25) is 5.95 Å². The Morgan fingerprint density at radius 3 is 2.80 bits per heavy atom. The van der Waals surface area contributed by atoms with Gasteiger partial charge in [-0.25, -0.2) is 4.98 Å². The van der Waals surface area contributed by atoms with Crippen LogP contribution >= 0.6 is 0 Å². The van der Waals surface area contributed by atoms with E-state index in [0.717, 1.165) is 16.9 Å². The number of anilines is 1. The van der Waals surface area contributed by atoms with Gasteiger partial charge in [-0.05, 0) is 18.6 Å². The molecular weight excluding hydrogens is 258 g/mol. The fourth-order valence-electron chi connectivity index (χ4n) is 2.03. The first kappa shape index (κ1) is 12.2. The normalized spacial score (nSPS) is 10.9. The zero-order valence-corrected chi connectivity index (χ0v) is 11.0. The SMILES string of the molecule is COc1cc(-c2nc3nc(N)[nH]c(=O)c3[nH]2)ccc1C. The number of hydrogen-bond donors (Lipinski definition) is 3. The number of aromatic nitrogens is 4. The number of nitrogens with one attached hydrogen (secondary N) is 2. The molecule has 1 aromatic carbocycles. The maximum absolute atomic E-state index is 11.7. The van der Waals surface area contributed by atoms with Crippen LogP contribution in [0.2, 0.25) is 0 Å². The summed E-state index contributed by atoms with van der Waals surface area (Å²) in [5.41, 5.74) is 7.58. The van der Waals surface area contributed by atoms with Crippen molar-refractivity contribution in [3.63, 3.8) is 0 Å². The van der Waals surface area contributed by atoms with Gasteiger partial charge in [-0.2, -0.15) is 4.98 Å². The monoisotopic (exact) mass is 271 g/mol. The predicted octanol–water partition coefficient (Wildman–Crippen LogP) is 1.21. The van der Waals surface area contributed by atoms with Gasteiger partial charge in [0.15, 0.2) is 11.2 Å². The van der Waals surface area contributed by atoms with E-state index < -0.39 is 0 Å². The molecule has 0 atom stereocenters. The van der Waals surface area contributed by atoms with Crippen LogP contribution in [0.3, 0.4) is 0 Å². The fourth-order valence-corrected chi connectivity index (χ4v) is 2.03. The maximum Gasteiger partial charge on any atom is 0.278 e. The zero-order valence-electron chi connectivity index (χ0n) is 11.0. The Kier molecular flexibility index (Phi) is 2.67. The molecule has 0 fully saturated rings. The van der Waals surface area contributed by atoms with E-state index in [0.29, 0.717) is 17.0 Å². The van der Waals surface area contributed by atoms with Gasteiger partial charge in [-0.1, -0.05) is 12.1 Å². The molecule has 0 radical (unpaired) electrons. The van der Waals surface area contributed by atoms with Crippen molar-refractivity contribution in [2.45, 2.75) is 6.92 Å². The molecule has 0 unspecified atom stereocenters. The number of aromatic amines is 2. The minimum Gasteiger partial charge on any atom is -0.496 e. The van der Waals surface area contributed by atoms with E-state index in [1.54, 1.807) is 7.11 Å². The molecule has 102 valence electrons. The Morgan fingerprint density at radius 1 is 1.25 bits per heavy atom. The van der Waals surface area contributed by atoms with E-state index in [-0.39, 0.29) is 11.5 Å². The maximum atomic E-state index is 11.7. The molecule has 7 heteroatoms. The zero-order chi connectivity index (χ0) is 14.3. The van der Waals surface area contributed by atoms with E-state index in [1.807, 2.05) is 25.1 Å². The third-order valence-electron chi connectivity index (χ3n) is 3.06. The summed E-state index contributed by atoms with van der Waals surface area (Å²) in [7, 11) is 1.61. The van der Waals surface area contributed by atoms with E-state index >= 15 is 0 Å². The quantitative estimate of drug-likeness (QED) is 0.649. The third kappa shape index (κ3) is 1.89. The van der Waals surface area contributed by atoms with Gasteiger partial charge in [0.25, 0.3) is 5.56 Å². The van der Waals surface area contributed by atoms with Crippen molar-refractivity contribution in [2.75, 3.05) is 12.8 Å². The van der Waals surface area contributed by atoms with E-state index in [1.165, 1.54) is 0 Å². The van der Waals surface area contributed by atoms with E-state index in [2.05, 4.69) is 19.9 Å². The molecule has 0 amide bonds. The van der Waals surface area contributed by atoms with Gasteiger partial charge in [0, 0.05) is 5.56 Å². The largest absolute Gasteiger partial charge is 0.496 e. The standard InChI is InChI=1S/C13H13N5O2/c1-6-3-4-7(5-8(6)20-2)10-15-9-11(16-10)17-13(14)18-12(9)19/h3-5H,1-2H3,(H4,14,15,16,17,18,19). The van der Waals surface area contributed by atoms with Crippen LogP contribution < -0.4 is 16.0 Å². The first-order valence-electron chi connectivity index (χ1n) is 5.99. The lowest BCUT2D eigenvalue weighted by atomic mass is 10.1. The van der Waals surface area contributed by atoms with Crippen molar-refractivity contribution in [2.24, 2.45) is 0 Å². The summed E-state index contributed by atoms with van der Waals surface area (Å²) in [6.45, 7) is 1.95. The average molecular weight is 271 g/mol. The van der Waals surface area contributed by atoms with Crippen molar-refractivity contribution in [1.82, 2.24) is 19.9 Å². The number of nitrogens with two attached hydrogens (primary N) is 1. The van der Waals surface area contributed by atoms with Crippen LogP contribution in [-0.2, 0) is 0 Å². The summed E-state index contributed by atoms with van der Waals surface area (Å²) in [6.07, 6.45) is 0. The molecule has 7 nitrogen and oxygen atoms in total. The van der Waals surface area contributed by atoms with Crippen LogP contribution in [0.4, 0.5) is 5.95 Å². The molecule has 0 spiro atoms. The summed E-state index contributed by atoms with van der Waals surface area (Å²) in [5.74, 6) is 1.34. The highest BCUT2D eigenvalue weighted by molar-refractivity contribution is 5.76. The van der Waals surface area contributed by atoms with Gasteiger partial charge >= 0.3 is 0 Å². The molecule has 20 heavy (non-hydrogen) atoms. The first-order chi connectivity index (χ1) is 9.58. The third-order valence-corrected chi connectivity index (χ3v) is 3.06. The molecule has 0 aliphatic rings. The highest BCUT2D eigenvalue weighted by Crippen LogP contribution is 2.25. The number of ether oxygens (including phenoxy) is 1. The lowest BCUT2D eigenvalue weighted by Gasteiger charge is -2.05. The Morgan fingerprint density at radius 2 is 2.05 bits per heavy atom. The second kappa shape index (κ2) is 4.37. The molecular formula is C13H13N5O2. The van der Waals surface area contributed by atoms with Crippen molar-refractivity contribution >= 4 is 17.1 Å². The second-order valence-corrected chi connectivity index (χ2v) is 4.42. The molecule has 0 aliphatic heterocycles. The van der Waals surface area contributed by atoms with Crippen molar-refractivity contribution in [3.8, 4) is 17.1 Å². The molecule has 3 aromatic rings. The summed E-state index contributed by atoms with van der Waals surface area (Å²) in [6, 6.07) is 5.67. The number of methoxy groups -OCH3 is 1. The lowest BCUT2D eigenvalue weighted by molar-refractivity contribution is 0.412. The van der Waals surface area contributed by atoms with Crippen LogP contribution in [0, 0.1) is 6.92 Å². The number of nitrogens with zero attached hydrogens (tertiary/aromatic N) is 2. The topological polar surface area (TPSA) is 110 Å². The number of imidazole rings is 1. The molecule has 0 bridgehead atoms. The number of nitrogen functional groups attached to an aromatic ring is 1. The number of rotatable bonds is 2. The Hall–Kier alpha value is -2.83. The summed E-state index contributed by atoms with van der Waals surface area (Å²) >= 11 is 0. The van der Waals surface area contributed by atoms with Gasteiger partial charge in [-0.3, -0.25) is 9.78 Å². The number of aryl methyl sites for hydroxylation is 1. The molecule has 2 aromatic heterocycles.